The molecule has 1 nitrogen and oxygen atoms in total. The fraction of sp³-hybridized carbons (Fsp3) is 0.455. The predicted octanol–water partition coefficient (Wildman–Crippen LogP) is 3.32. The fourth-order valence-electron chi connectivity index (χ4n) is 0.453. The molecule has 1 aromatic carbocycles. The summed E-state index contributed by atoms with van der Waals surface area (Å²) in [5.41, 5.74) is 6.68. The van der Waals surface area contributed by atoms with Gasteiger partial charge in [0.15, 0.2) is 0 Å². The second kappa shape index (κ2) is 4.81. The van der Waals surface area contributed by atoms with Crippen LogP contribution in [0.3, 0.4) is 0 Å². The van der Waals surface area contributed by atoms with Gasteiger partial charge < -0.3 is 5.73 Å². The van der Waals surface area contributed by atoms with E-state index in [0.717, 1.165) is 5.69 Å². The molecule has 0 saturated carbocycles. The zero-order valence-corrected chi connectivity index (χ0v) is 8.46. The Balaban J connectivity index is 0.000000217. The summed E-state index contributed by atoms with van der Waals surface area (Å²) < 4.78 is 0. The molecule has 2 N–H and O–H groups in total. The molecule has 0 heterocycles. The minimum absolute atomic E-state index is 0.500. The van der Waals surface area contributed by atoms with Gasteiger partial charge in [-0.1, -0.05) is 45.9 Å². The van der Waals surface area contributed by atoms with E-state index in [9.17, 15) is 0 Å². The molecule has 0 fully saturated rings. The molecule has 1 rings (SSSR count). The SMILES string of the molecule is CC(C)(C)C.Nc1ccccc1. The maximum Gasteiger partial charge on any atom is 0.0313 e. The molecule has 12 heavy (non-hydrogen) atoms. The normalized spacial score (nSPS) is 10.0. The summed E-state index contributed by atoms with van der Waals surface area (Å²) in [4.78, 5) is 0. The van der Waals surface area contributed by atoms with Crippen molar-refractivity contribution in [3.8, 4) is 0 Å². The molecule has 0 bridgehead atoms. The second-order valence-electron chi connectivity index (χ2n) is 4.41. The summed E-state index contributed by atoms with van der Waals surface area (Å²) in [5.74, 6) is 0. The number of nitrogens with two attached hydrogens (primary N) is 1. The minimum Gasteiger partial charge on any atom is -0.399 e. The highest BCUT2D eigenvalue weighted by Crippen LogP contribution is 2.08. The maximum absolute atomic E-state index is 5.36. The number of hydrogen-bond donors (Lipinski definition) is 1. The third-order valence-corrected chi connectivity index (χ3v) is 0.800. The van der Waals surface area contributed by atoms with Crippen LogP contribution in [0.5, 0.6) is 0 Å². The van der Waals surface area contributed by atoms with Crippen molar-refractivity contribution in [3.05, 3.63) is 30.3 Å². The zero-order chi connectivity index (χ0) is 9.61. The summed E-state index contributed by atoms with van der Waals surface area (Å²) in [7, 11) is 0. The van der Waals surface area contributed by atoms with Gasteiger partial charge in [0.05, 0.1) is 0 Å². The molecule has 0 aliphatic rings. The summed E-state index contributed by atoms with van der Waals surface area (Å²) >= 11 is 0. The first-order valence-corrected chi connectivity index (χ1v) is 4.20. The Morgan fingerprint density at radius 1 is 0.917 bits per heavy atom. The first-order chi connectivity index (χ1) is 5.39. The number of benzene rings is 1. The van der Waals surface area contributed by atoms with E-state index in [1.54, 1.807) is 0 Å². The van der Waals surface area contributed by atoms with E-state index >= 15 is 0 Å². The van der Waals surface area contributed by atoms with E-state index in [1.165, 1.54) is 0 Å². The summed E-state index contributed by atoms with van der Waals surface area (Å²) in [6.07, 6.45) is 0. The van der Waals surface area contributed by atoms with Crippen LogP contribution in [0, 0.1) is 5.41 Å². The van der Waals surface area contributed by atoms with Gasteiger partial charge in [-0.05, 0) is 17.5 Å². The topological polar surface area (TPSA) is 26.0 Å². The van der Waals surface area contributed by atoms with Crippen LogP contribution in [0.15, 0.2) is 30.3 Å². The van der Waals surface area contributed by atoms with Gasteiger partial charge in [0, 0.05) is 5.69 Å². The highest BCUT2D eigenvalue weighted by Gasteiger charge is 1.95. The van der Waals surface area contributed by atoms with Gasteiger partial charge in [-0.25, -0.2) is 0 Å². The van der Waals surface area contributed by atoms with E-state index in [4.69, 9.17) is 5.73 Å². The number of rotatable bonds is 0. The molecule has 0 saturated heterocycles. The molecule has 1 aromatic rings. The van der Waals surface area contributed by atoms with Crippen LogP contribution >= 0.6 is 0 Å². The van der Waals surface area contributed by atoms with Gasteiger partial charge in [-0.2, -0.15) is 0 Å². The lowest BCUT2D eigenvalue weighted by atomic mass is 10.0. The van der Waals surface area contributed by atoms with Crippen molar-refractivity contribution >= 4 is 5.69 Å². The second-order valence-corrected chi connectivity index (χ2v) is 4.41. The molecule has 68 valence electrons. The number of nitrogen functional groups attached to an aromatic ring is 1. The average Bonchev–Trinajstić information content (AvgIpc) is 1.85. The largest absolute Gasteiger partial charge is 0.399 e. The lowest BCUT2D eigenvalue weighted by Gasteiger charge is -2.05. The Bertz CT molecular complexity index is 190. The smallest absolute Gasteiger partial charge is 0.0313 e. The molecule has 0 amide bonds. The Kier molecular flexibility index (Phi) is 4.42. The van der Waals surface area contributed by atoms with Gasteiger partial charge in [0.1, 0.15) is 0 Å². The fourth-order valence-corrected chi connectivity index (χ4v) is 0.453. The third-order valence-electron chi connectivity index (χ3n) is 0.800. The van der Waals surface area contributed by atoms with Gasteiger partial charge in [0.25, 0.3) is 0 Å². The summed E-state index contributed by atoms with van der Waals surface area (Å²) in [5, 5.41) is 0. The number of para-hydroxylation sites is 1. The lowest BCUT2D eigenvalue weighted by Crippen LogP contribution is -1.93. The third kappa shape index (κ3) is 11.8. The summed E-state index contributed by atoms with van der Waals surface area (Å²) in [6, 6.07) is 9.49. The standard InChI is InChI=1S/C6H7N.C5H12/c7-6-4-2-1-3-5-6;1-5(2,3)4/h1-5H,7H2;1-4H3. The Morgan fingerprint density at radius 2 is 1.25 bits per heavy atom. The molecule has 0 aromatic heterocycles. The van der Waals surface area contributed by atoms with Crippen molar-refractivity contribution in [3.63, 3.8) is 0 Å². The van der Waals surface area contributed by atoms with Crippen molar-refractivity contribution in [2.45, 2.75) is 27.7 Å². The average molecular weight is 165 g/mol. The van der Waals surface area contributed by atoms with Crippen LogP contribution in [0.2, 0.25) is 0 Å². The van der Waals surface area contributed by atoms with Crippen LogP contribution < -0.4 is 5.73 Å². The van der Waals surface area contributed by atoms with E-state index in [-0.39, 0.29) is 0 Å². The zero-order valence-electron chi connectivity index (χ0n) is 8.46. The molecule has 0 spiro atoms. The lowest BCUT2D eigenvalue weighted by molar-refractivity contribution is 0.469. The van der Waals surface area contributed by atoms with Crippen LogP contribution in [0.1, 0.15) is 27.7 Å². The number of hydrogen-bond acceptors (Lipinski definition) is 1. The van der Waals surface area contributed by atoms with Gasteiger partial charge in [-0.15, -0.1) is 0 Å². The quantitative estimate of drug-likeness (QED) is 0.586. The van der Waals surface area contributed by atoms with Crippen LogP contribution in [-0.4, -0.2) is 0 Å². The Morgan fingerprint density at radius 3 is 1.42 bits per heavy atom. The molecule has 0 atom stereocenters. The van der Waals surface area contributed by atoms with Gasteiger partial charge in [-0.3, -0.25) is 0 Å². The van der Waals surface area contributed by atoms with E-state index in [2.05, 4.69) is 27.7 Å². The summed E-state index contributed by atoms with van der Waals surface area (Å²) in [6.45, 7) is 8.75. The Hall–Kier alpha value is -0.980. The minimum atomic E-state index is 0.500. The predicted molar refractivity (Wildman–Crippen MR) is 56.0 cm³/mol. The van der Waals surface area contributed by atoms with Crippen molar-refractivity contribution in [2.75, 3.05) is 5.73 Å². The molecule has 0 aliphatic carbocycles. The van der Waals surface area contributed by atoms with E-state index < -0.39 is 0 Å². The molecular formula is C11H19N. The highest BCUT2D eigenvalue weighted by molar-refractivity contribution is 5.35. The van der Waals surface area contributed by atoms with Crippen molar-refractivity contribution in [2.24, 2.45) is 5.41 Å². The van der Waals surface area contributed by atoms with Crippen LogP contribution in [0.4, 0.5) is 5.69 Å². The number of anilines is 1. The van der Waals surface area contributed by atoms with Crippen LogP contribution in [0.25, 0.3) is 0 Å². The molecule has 0 aliphatic heterocycles. The van der Waals surface area contributed by atoms with Crippen molar-refractivity contribution in [1.29, 1.82) is 0 Å². The highest BCUT2D eigenvalue weighted by atomic mass is 14.5. The monoisotopic (exact) mass is 165 g/mol. The maximum atomic E-state index is 5.36. The first kappa shape index (κ1) is 11.0. The van der Waals surface area contributed by atoms with E-state index in [1.807, 2.05) is 30.3 Å². The molecular weight excluding hydrogens is 146 g/mol. The molecule has 0 radical (unpaired) electrons. The first-order valence-electron chi connectivity index (χ1n) is 4.20. The van der Waals surface area contributed by atoms with Crippen LogP contribution in [-0.2, 0) is 0 Å². The van der Waals surface area contributed by atoms with Crippen molar-refractivity contribution in [1.82, 2.24) is 0 Å². The van der Waals surface area contributed by atoms with E-state index in [0.29, 0.717) is 5.41 Å². The van der Waals surface area contributed by atoms with Crippen molar-refractivity contribution < 1.29 is 0 Å². The van der Waals surface area contributed by atoms with Gasteiger partial charge in [0.2, 0.25) is 0 Å². The van der Waals surface area contributed by atoms with Gasteiger partial charge >= 0.3 is 0 Å². The molecule has 0 unspecified atom stereocenters. The Labute approximate surface area is 75.6 Å². The molecule has 1 heteroatoms.